The van der Waals surface area contributed by atoms with Gasteiger partial charge >= 0.3 is 28.2 Å². The van der Waals surface area contributed by atoms with Gasteiger partial charge in [-0.15, -0.1) is 0 Å². The van der Waals surface area contributed by atoms with Gasteiger partial charge in [0.1, 0.15) is 0 Å². The molecule has 0 spiro atoms. The van der Waals surface area contributed by atoms with Crippen LogP contribution < -0.4 is 55.7 Å². The van der Waals surface area contributed by atoms with E-state index >= 15 is 0 Å². The van der Waals surface area contributed by atoms with Crippen molar-refractivity contribution in [3.05, 3.63) is 0 Å². The van der Waals surface area contributed by atoms with E-state index in [4.69, 9.17) is 0 Å². The van der Waals surface area contributed by atoms with Crippen LogP contribution in [0, 0.1) is 0 Å². The summed E-state index contributed by atoms with van der Waals surface area (Å²) in [5, 5.41) is 0. The van der Waals surface area contributed by atoms with Crippen LogP contribution in [0.4, 0.5) is 0 Å². The van der Waals surface area contributed by atoms with E-state index in [1.807, 2.05) is 0 Å². The summed E-state index contributed by atoms with van der Waals surface area (Å²) in [7, 11) is 4.61. The van der Waals surface area contributed by atoms with Gasteiger partial charge in [-0.1, -0.05) is 0 Å². The molecule has 0 rings (SSSR count). The molecule has 0 amide bonds. The van der Waals surface area contributed by atoms with Gasteiger partial charge in [-0.05, 0) is 0 Å². The normalized spacial score (nSPS) is 0.750. The minimum absolute atomic E-state index is 0. The molecule has 0 saturated carbocycles. The van der Waals surface area contributed by atoms with E-state index in [0.717, 1.165) is 0 Å². The molecule has 3 nitrogen and oxygen atoms in total. The van der Waals surface area contributed by atoms with Crippen LogP contribution in [0.25, 0.3) is 0 Å². The number of hydrogen-bond acceptors (Lipinski definition) is 3. The molecule has 0 aliphatic rings. The molecule has 0 fully saturated rings. The van der Waals surface area contributed by atoms with E-state index in [1.54, 1.807) is 18.8 Å². The van der Waals surface area contributed by atoms with Crippen molar-refractivity contribution in [2.24, 2.45) is 0 Å². The van der Waals surface area contributed by atoms with Crippen molar-refractivity contribution in [2.75, 3.05) is 0 Å². The maximum atomic E-state index is 4.61. The van der Waals surface area contributed by atoms with Crippen LogP contribution in [0.2, 0.25) is 0 Å². The van der Waals surface area contributed by atoms with Crippen molar-refractivity contribution in [2.45, 2.75) is 0 Å². The Balaban J connectivity index is -0.000000000333. The Morgan fingerprint density at radius 3 is 0.625 bits per heavy atom. The maximum absolute atomic E-state index is 4.61. The van der Waals surface area contributed by atoms with Gasteiger partial charge in [0.15, 0.2) is 0 Å². The first-order valence-electron chi connectivity index (χ1n) is 0.120. The van der Waals surface area contributed by atoms with Crippen molar-refractivity contribution in [1.29, 1.82) is 0 Å². The Hall–Kier alpha value is 1.73. The fraction of sp³-hybridized carbons (Fsp3) is 0. The van der Waals surface area contributed by atoms with E-state index in [-0.39, 0.29) is 55.7 Å². The minimum atomic E-state index is 0. The molecule has 9 N–H and O–H groups in total. The van der Waals surface area contributed by atoms with Crippen LogP contribution in [0.1, 0.15) is 0 Å². The molecule has 8 heteroatoms. The second kappa shape index (κ2) is 175. The van der Waals surface area contributed by atoms with Crippen LogP contribution in [-0.2, 0) is 18.8 Å². The Morgan fingerprint density at radius 2 is 0.625 bits per heavy atom. The van der Waals surface area contributed by atoms with Crippen LogP contribution >= 0.6 is 9.42 Å². The molecule has 0 unspecified atom stereocenters. The zero-order valence-corrected chi connectivity index (χ0v) is 9.25. The standard InChI is InChI=1S/4ClH.3H3N.Pt/h4*1H;3*1H3;/q;;;;;;;+4/p-4. The molecule has 0 aliphatic heterocycles. The van der Waals surface area contributed by atoms with Gasteiger partial charge in [0.25, 0.3) is 0 Å². The third-order valence-corrected chi connectivity index (χ3v) is 0. The molecule has 0 aromatic rings. The summed E-state index contributed by atoms with van der Waals surface area (Å²) in [5.74, 6) is 0. The first-order valence-corrected chi connectivity index (χ1v) is 2.94. The van der Waals surface area contributed by atoms with E-state index in [2.05, 4.69) is 9.42 Å². The Kier molecular flexibility index (Phi) is 2170. The van der Waals surface area contributed by atoms with Crippen LogP contribution in [0.15, 0.2) is 0 Å². The Labute approximate surface area is 83.5 Å². The summed E-state index contributed by atoms with van der Waals surface area (Å²) in [6.45, 7) is 0. The van der Waals surface area contributed by atoms with Crippen LogP contribution in [-0.4, -0.2) is 0 Å². The summed E-state index contributed by atoms with van der Waals surface area (Å²) in [5.41, 5.74) is 0. The summed E-state index contributed by atoms with van der Waals surface area (Å²) in [4.78, 5) is 0. The Bertz CT molecular complexity index is 11.2. The van der Waals surface area contributed by atoms with Gasteiger partial charge in [0.2, 0.25) is 0 Å². The van der Waals surface area contributed by atoms with E-state index < -0.39 is 0 Å². The van der Waals surface area contributed by atoms with Crippen molar-refractivity contribution in [3.8, 4) is 0 Å². The molecule has 0 aliphatic carbocycles. The van der Waals surface area contributed by atoms with Gasteiger partial charge < -0.3 is 55.7 Å². The zero-order chi connectivity index (χ0) is 2.00. The molecule has 0 atom stereocenters. The van der Waals surface area contributed by atoms with E-state index in [0.29, 0.717) is 0 Å². The molecular weight excluding hydrogens is 379 g/mol. The third kappa shape index (κ3) is 117. The van der Waals surface area contributed by atoms with Crippen LogP contribution in [0.3, 0.4) is 0 Å². The quantitative estimate of drug-likeness (QED) is 0.384. The summed E-state index contributed by atoms with van der Waals surface area (Å²) in [6, 6.07) is 0. The van der Waals surface area contributed by atoms with Gasteiger partial charge in [-0.25, -0.2) is 0 Å². The summed E-state index contributed by atoms with van der Waals surface area (Å²) in [6.07, 6.45) is 0. The molecule has 0 radical (unpaired) electrons. The molecule has 0 saturated heterocycles. The third-order valence-electron chi connectivity index (χ3n) is 0. The van der Waals surface area contributed by atoms with Crippen molar-refractivity contribution >= 4 is 9.42 Å². The van der Waals surface area contributed by atoms with Crippen molar-refractivity contribution in [3.63, 3.8) is 0 Å². The van der Waals surface area contributed by atoms with Gasteiger partial charge in [-0.2, -0.15) is 0 Å². The second-order valence-electron chi connectivity index (χ2n) is 0. The average Bonchev–Trinajstić information content (AvgIpc) is 1.00. The van der Waals surface area contributed by atoms with Gasteiger partial charge in [-0.3, -0.25) is 0 Å². The molecule has 0 aromatic heterocycles. The van der Waals surface area contributed by atoms with Crippen molar-refractivity contribution < 1.29 is 56.0 Å². The number of hydrogen-bond donors (Lipinski definition) is 3. The predicted molar refractivity (Wildman–Crippen MR) is 20.9 cm³/mol. The summed E-state index contributed by atoms with van der Waals surface area (Å²) >= 11 is 1.61. The summed E-state index contributed by atoms with van der Waals surface area (Å²) < 4.78 is 0. The number of rotatable bonds is 0. The fourth-order valence-corrected chi connectivity index (χ4v) is 0. The van der Waals surface area contributed by atoms with Gasteiger partial charge in [0.05, 0.1) is 0 Å². The molecule has 0 aromatic carbocycles. The predicted octanol–water partition coefficient (Wildman–Crippen LogP) is -7.81. The monoisotopic (exact) mass is 386 g/mol. The second-order valence-corrected chi connectivity index (χ2v) is 0. The topological polar surface area (TPSA) is 105 Å². The zero-order valence-electron chi connectivity index (χ0n) is 3.95. The first kappa shape index (κ1) is 99.6. The molecule has 0 heterocycles. The average molecular weight is 388 g/mol. The van der Waals surface area contributed by atoms with Gasteiger partial charge in [0, 0.05) is 0 Å². The Morgan fingerprint density at radius 1 is 0.625 bits per heavy atom. The van der Waals surface area contributed by atoms with Crippen LogP contribution in [0.5, 0.6) is 0 Å². The van der Waals surface area contributed by atoms with Crippen molar-refractivity contribution in [1.82, 2.24) is 18.5 Å². The molecule has 62 valence electrons. The SMILES string of the molecule is N.N.N.[Cl-].[Cl-].[Cl-].[Cl][Pt+3]. The molecule has 0 bridgehead atoms. The fourth-order valence-electron chi connectivity index (χ4n) is 0. The first-order chi connectivity index (χ1) is 1.00. The van der Waals surface area contributed by atoms with E-state index in [1.165, 1.54) is 0 Å². The number of halogens is 4. The van der Waals surface area contributed by atoms with E-state index in [9.17, 15) is 0 Å². The molecular formula is H9Cl4N3Pt. The molecule has 8 heavy (non-hydrogen) atoms.